The summed E-state index contributed by atoms with van der Waals surface area (Å²) in [7, 11) is 0. The Morgan fingerprint density at radius 3 is 2.52 bits per heavy atom. The van der Waals surface area contributed by atoms with Gasteiger partial charge in [0.2, 0.25) is 0 Å². The smallest absolute Gasteiger partial charge is 0.0609 e. The molecule has 216 valence electrons. The first-order chi connectivity index (χ1) is 21.8. The second-order valence-electron chi connectivity index (χ2n) is 12.9. The van der Waals surface area contributed by atoms with E-state index in [9.17, 15) is 0 Å². The van der Waals surface area contributed by atoms with E-state index >= 15 is 0 Å². The maximum Gasteiger partial charge on any atom is 0.0609 e. The number of rotatable bonds is 4. The number of nitrogens with zero attached hydrogens (tertiary/aromatic N) is 2. The van der Waals surface area contributed by atoms with Crippen LogP contribution < -0.4 is 4.90 Å². The van der Waals surface area contributed by atoms with E-state index in [2.05, 4.69) is 131 Å². The Balaban J connectivity index is 1.19. The van der Waals surface area contributed by atoms with Gasteiger partial charge in [-0.1, -0.05) is 103 Å². The van der Waals surface area contributed by atoms with Crippen molar-refractivity contribution in [2.45, 2.75) is 57.4 Å². The maximum absolute atomic E-state index is 2.68. The van der Waals surface area contributed by atoms with Crippen LogP contribution in [0.1, 0.15) is 61.8 Å². The lowest BCUT2D eigenvalue weighted by atomic mass is 9.82. The van der Waals surface area contributed by atoms with Crippen LogP contribution in [0.4, 0.5) is 5.69 Å². The van der Waals surface area contributed by atoms with Gasteiger partial charge in [0.15, 0.2) is 0 Å². The normalized spacial score (nSPS) is 22.1. The summed E-state index contributed by atoms with van der Waals surface area (Å²) >= 11 is 0. The van der Waals surface area contributed by atoms with Gasteiger partial charge in [0, 0.05) is 45.2 Å². The summed E-state index contributed by atoms with van der Waals surface area (Å²) in [6, 6.07) is 27.5. The van der Waals surface area contributed by atoms with E-state index in [-0.39, 0.29) is 0 Å². The molecule has 2 atom stereocenters. The van der Waals surface area contributed by atoms with E-state index in [1.165, 1.54) is 67.9 Å². The van der Waals surface area contributed by atoms with Crippen LogP contribution in [0.2, 0.25) is 0 Å². The number of anilines is 1. The molecule has 44 heavy (non-hydrogen) atoms. The molecule has 1 aromatic heterocycles. The average Bonchev–Trinajstić information content (AvgIpc) is 3.62. The zero-order valence-corrected chi connectivity index (χ0v) is 25.3. The van der Waals surface area contributed by atoms with Crippen LogP contribution in [0.5, 0.6) is 0 Å². The third kappa shape index (κ3) is 4.08. The molecule has 0 bridgehead atoms. The number of fused-ring (bicyclic) bond motifs is 5. The molecule has 0 N–H and O–H groups in total. The molecule has 2 heterocycles. The largest absolute Gasteiger partial charge is 0.337 e. The lowest BCUT2D eigenvalue weighted by Crippen LogP contribution is -2.33. The molecular formula is C42H38N2. The highest BCUT2D eigenvalue weighted by Crippen LogP contribution is 2.50. The molecule has 0 fully saturated rings. The van der Waals surface area contributed by atoms with Gasteiger partial charge in [-0.3, -0.25) is 0 Å². The summed E-state index contributed by atoms with van der Waals surface area (Å²) in [5, 5.41) is 1.41. The fourth-order valence-electron chi connectivity index (χ4n) is 8.55. The van der Waals surface area contributed by atoms with Gasteiger partial charge < -0.3 is 9.47 Å². The van der Waals surface area contributed by atoms with Crippen molar-refractivity contribution in [3.8, 4) is 11.1 Å². The highest BCUT2D eigenvalue weighted by Gasteiger charge is 2.41. The zero-order chi connectivity index (χ0) is 29.0. The topological polar surface area (TPSA) is 8.17 Å². The number of hydrogen-bond acceptors (Lipinski definition) is 1. The van der Waals surface area contributed by atoms with Crippen molar-refractivity contribution < 1.29 is 0 Å². The van der Waals surface area contributed by atoms with Crippen LogP contribution >= 0.6 is 0 Å². The van der Waals surface area contributed by atoms with Crippen molar-refractivity contribution in [3.63, 3.8) is 0 Å². The molecule has 1 aliphatic heterocycles. The second-order valence-corrected chi connectivity index (χ2v) is 12.9. The molecule has 0 saturated heterocycles. The van der Waals surface area contributed by atoms with Crippen molar-refractivity contribution in [1.82, 2.24) is 4.57 Å². The lowest BCUT2D eigenvalue weighted by Gasteiger charge is -2.32. The van der Waals surface area contributed by atoms with Gasteiger partial charge >= 0.3 is 0 Å². The van der Waals surface area contributed by atoms with Crippen molar-refractivity contribution in [1.29, 1.82) is 0 Å². The SMILES string of the molecule is C1=CCCC(n2c3c(c4cccc(C5=CC6=C(CC5)N(c5cccc(-c7ccccc7)c5)C5C=CCCC65)c42)C=CCC3)=C1. The number of benzene rings is 3. The molecule has 4 aliphatic carbocycles. The van der Waals surface area contributed by atoms with Gasteiger partial charge in [-0.15, -0.1) is 0 Å². The van der Waals surface area contributed by atoms with E-state index in [4.69, 9.17) is 0 Å². The molecule has 0 amide bonds. The first-order valence-electron chi connectivity index (χ1n) is 16.6. The lowest BCUT2D eigenvalue weighted by molar-refractivity contribution is 0.519. The van der Waals surface area contributed by atoms with Crippen LogP contribution in [-0.2, 0) is 6.42 Å². The second kappa shape index (κ2) is 10.6. The summed E-state index contributed by atoms with van der Waals surface area (Å²) in [6.45, 7) is 0. The van der Waals surface area contributed by atoms with Crippen LogP contribution in [0.3, 0.4) is 0 Å². The molecule has 3 aromatic carbocycles. The Hall–Kier alpha value is -4.56. The van der Waals surface area contributed by atoms with Crippen LogP contribution in [-0.4, -0.2) is 10.6 Å². The van der Waals surface area contributed by atoms with Gasteiger partial charge in [0.05, 0.1) is 11.6 Å². The van der Waals surface area contributed by atoms with Crippen LogP contribution in [0, 0.1) is 5.92 Å². The highest BCUT2D eigenvalue weighted by molar-refractivity contribution is 6.01. The number of hydrogen-bond donors (Lipinski definition) is 0. The fourth-order valence-corrected chi connectivity index (χ4v) is 8.55. The van der Waals surface area contributed by atoms with Gasteiger partial charge in [0.1, 0.15) is 0 Å². The Labute approximate surface area is 260 Å². The molecule has 2 unspecified atom stereocenters. The third-order valence-corrected chi connectivity index (χ3v) is 10.5. The molecule has 0 saturated carbocycles. The van der Waals surface area contributed by atoms with E-state index < -0.39 is 0 Å². The molecule has 5 aliphatic rings. The van der Waals surface area contributed by atoms with Crippen molar-refractivity contribution in [3.05, 3.63) is 143 Å². The third-order valence-electron chi connectivity index (χ3n) is 10.5. The molecule has 4 aromatic rings. The Bertz CT molecular complexity index is 1970. The van der Waals surface area contributed by atoms with Crippen LogP contribution in [0.25, 0.3) is 39.4 Å². The standard InChI is InChI=1S/C42H38N2/c1-3-13-29(14-4-1)30-15-11-18-33(27-30)43-39-23-9-8-20-36(39)38-28-31(25-26-41(38)43)34-21-12-22-37-35-19-7-10-24-40(35)44(42(34)37)32-16-5-2-6-17-32/h1-5,7,9,11-16,18-19,21-23,27-28,36,39H,6,8,10,17,20,24-26H2. The van der Waals surface area contributed by atoms with Gasteiger partial charge in [0.25, 0.3) is 0 Å². The molecule has 0 spiro atoms. The van der Waals surface area contributed by atoms with Gasteiger partial charge in [-0.25, -0.2) is 0 Å². The van der Waals surface area contributed by atoms with E-state index in [0.29, 0.717) is 12.0 Å². The maximum atomic E-state index is 2.68. The minimum absolute atomic E-state index is 0.395. The fraction of sp³-hybridized carbons (Fsp3) is 0.238. The predicted molar refractivity (Wildman–Crippen MR) is 186 cm³/mol. The quantitative estimate of drug-likeness (QED) is 0.222. The highest BCUT2D eigenvalue weighted by atomic mass is 15.2. The Morgan fingerprint density at radius 1 is 0.727 bits per heavy atom. The van der Waals surface area contributed by atoms with Gasteiger partial charge in [-0.05, 0) is 91.8 Å². The Kier molecular flexibility index (Phi) is 6.21. The minimum atomic E-state index is 0.395. The first-order valence-corrected chi connectivity index (χ1v) is 16.6. The summed E-state index contributed by atoms with van der Waals surface area (Å²) < 4.78 is 2.65. The van der Waals surface area contributed by atoms with Crippen LogP contribution in [0.15, 0.2) is 127 Å². The van der Waals surface area contributed by atoms with Crippen molar-refractivity contribution >= 4 is 33.9 Å². The average molecular weight is 571 g/mol. The molecular weight excluding hydrogens is 532 g/mol. The van der Waals surface area contributed by atoms with E-state index in [1.807, 2.05) is 0 Å². The molecule has 9 rings (SSSR count). The monoisotopic (exact) mass is 570 g/mol. The van der Waals surface area contributed by atoms with Crippen molar-refractivity contribution in [2.24, 2.45) is 5.92 Å². The van der Waals surface area contributed by atoms with E-state index in [0.717, 1.165) is 44.9 Å². The van der Waals surface area contributed by atoms with Crippen molar-refractivity contribution in [2.75, 3.05) is 4.90 Å². The predicted octanol–water partition coefficient (Wildman–Crippen LogP) is 10.7. The molecule has 2 heteroatoms. The number of aromatic nitrogens is 1. The summed E-state index contributed by atoms with van der Waals surface area (Å²) in [4.78, 5) is 2.68. The molecule has 0 radical (unpaired) electrons. The number of para-hydroxylation sites is 1. The number of allylic oxidation sites excluding steroid dienone is 9. The first kappa shape index (κ1) is 25.9. The van der Waals surface area contributed by atoms with E-state index in [1.54, 1.807) is 5.57 Å². The Morgan fingerprint density at radius 2 is 1.61 bits per heavy atom. The minimum Gasteiger partial charge on any atom is -0.337 e. The zero-order valence-electron chi connectivity index (χ0n) is 25.3. The molecule has 2 nitrogen and oxygen atoms in total. The summed E-state index contributed by atoms with van der Waals surface area (Å²) in [5.41, 5.74) is 15.7. The summed E-state index contributed by atoms with van der Waals surface area (Å²) in [6.07, 6.45) is 28.2. The van der Waals surface area contributed by atoms with Gasteiger partial charge in [-0.2, -0.15) is 0 Å². The summed E-state index contributed by atoms with van der Waals surface area (Å²) in [5.74, 6) is 0.541.